The Kier molecular flexibility index (Phi) is 7.42. The molecule has 0 aromatic heterocycles. The third-order valence-electron chi connectivity index (χ3n) is 5.11. The molecule has 1 unspecified atom stereocenters. The zero-order valence-corrected chi connectivity index (χ0v) is 17.7. The number of nitrogens with zero attached hydrogens (tertiary/aromatic N) is 2. The maximum atomic E-state index is 12.3. The topological polar surface area (TPSA) is 95.9 Å². The molecule has 0 aliphatic carbocycles. The number of likely N-dealkylation sites (tertiary alicyclic amines) is 1. The first-order valence-electron chi connectivity index (χ1n) is 9.93. The minimum atomic E-state index is -0.371. The molecule has 0 saturated carbocycles. The van der Waals surface area contributed by atoms with Gasteiger partial charge in [0.25, 0.3) is 0 Å². The average molecular weight is 399 g/mol. The number of benzene rings is 1. The zero-order valence-electron chi connectivity index (χ0n) is 17.7. The van der Waals surface area contributed by atoms with E-state index in [1.54, 1.807) is 31.2 Å². The number of rotatable bonds is 8. The van der Waals surface area contributed by atoms with Crippen molar-refractivity contribution in [2.24, 2.45) is 22.9 Å². The Morgan fingerprint density at radius 3 is 2.21 bits per heavy atom. The molecule has 156 valence electrons. The molecule has 3 amide bonds. The lowest BCUT2D eigenvalue weighted by Crippen LogP contribution is -2.35. The van der Waals surface area contributed by atoms with Crippen molar-refractivity contribution >= 4 is 29.2 Å². The van der Waals surface area contributed by atoms with E-state index >= 15 is 0 Å². The Hall–Kier alpha value is -2.83. The molecule has 1 aromatic rings. The van der Waals surface area contributed by atoms with Crippen LogP contribution in [0.15, 0.2) is 29.4 Å². The fourth-order valence-electron chi connectivity index (χ4n) is 3.15. The number of amides is 3. The third kappa shape index (κ3) is 5.59. The Morgan fingerprint density at radius 1 is 1.10 bits per heavy atom. The van der Waals surface area contributed by atoms with Crippen molar-refractivity contribution < 1.29 is 19.2 Å². The van der Waals surface area contributed by atoms with Crippen molar-refractivity contribution in [1.29, 1.82) is 0 Å². The molecule has 2 rings (SSSR count). The van der Waals surface area contributed by atoms with Crippen LogP contribution in [0.25, 0.3) is 0 Å². The number of hydrogen-bond acceptors (Lipinski definition) is 5. The van der Waals surface area contributed by atoms with Gasteiger partial charge in [-0.2, -0.15) is 5.10 Å². The van der Waals surface area contributed by atoms with Crippen molar-refractivity contribution in [2.45, 2.75) is 47.5 Å². The molecule has 0 spiro atoms. The van der Waals surface area contributed by atoms with Gasteiger partial charge in [-0.1, -0.05) is 52.0 Å². The smallest absolute Gasteiger partial charge is 0.241 e. The zero-order chi connectivity index (χ0) is 21.7. The predicted octanol–water partition coefficient (Wildman–Crippen LogP) is 2.79. The predicted molar refractivity (Wildman–Crippen MR) is 110 cm³/mol. The van der Waals surface area contributed by atoms with Crippen molar-refractivity contribution in [1.82, 2.24) is 10.3 Å². The summed E-state index contributed by atoms with van der Waals surface area (Å²) in [6.45, 7) is 9.34. The van der Waals surface area contributed by atoms with E-state index in [1.165, 1.54) is 4.90 Å². The lowest BCUT2D eigenvalue weighted by atomic mass is 9.94. The molecule has 1 heterocycles. The van der Waals surface area contributed by atoms with Gasteiger partial charge in [0.2, 0.25) is 17.7 Å². The molecular weight excluding hydrogens is 370 g/mol. The van der Waals surface area contributed by atoms with E-state index < -0.39 is 0 Å². The van der Waals surface area contributed by atoms with Gasteiger partial charge in [-0.3, -0.25) is 24.1 Å². The van der Waals surface area contributed by atoms with Crippen LogP contribution >= 0.6 is 0 Å². The summed E-state index contributed by atoms with van der Waals surface area (Å²) in [6.07, 6.45) is 0.214. The number of hydrogen-bond donors (Lipinski definition) is 1. The van der Waals surface area contributed by atoms with Crippen molar-refractivity contribution in [3.05, 3.63) is 35.4 Å². The Morgan fingerprint density at radius 2 is 1.69 bits per heavy atom. The molecule has 1 aliphatic heterocycles. The Labute approximate surface area is 171 Å². The van der Waals surface area contributed by atoms with Gasteiger partial charge in [0.1, 0.15) is 0 Å². The van der Waals surface area contributed by atoms with E-state index in [9.17, 15) is 19.2 Å². The molecule has 7 nitrogen and oxygen atoms in total. The number of carbonyl (C=O) groups is 4. The van der Waals surface area contributed by atoms with Crippen LogP contribution in [0.4, 0.5) is 0 Å². The summed E-state index contributed by atoms with van der Waals surface area (Å²) in [5.41, 5.74) is 4.48. The molecular formula is C22H29N3O4. The summed E-state index contributed by atoms with van der Waals surface area (Å²) in [6, 6.07) is 7.06. The highest BCUT2D eigenvalue weighted by atomic mass is 16.2. The molecule has 0 bridgehead atoms. The van der Waals surface area contributed by atoms with Crippen molar-refractivity contribution in [3.63, 3.8) is 0 Å². The fourth-order valence-corrected chi connectivity index (χ4v) is 3.15. The van der Waals surface area contributed by atoms with Crippen LogP contribution in [-0.4, -0.2) is 40.7 Å². The first-order chi connectivity index (χ1) is 13.6. The first-order valence-corrected chi connectivity index (χ1v) is 9.93. The number of ketones is 1. The van der Waals surface area contributed by atoms with Crippen LogP contribution in [0.2, 0.25) is 0 Å². The molecule has 29 heavy (non-hydrogen) atoms. The maximum absolute atomic E-state index is 12.3. The van der Waals surface area contributed by atoms with Crippen LogP contribution < -0.4 is 5.43 Å². The van der Waals surface area contributed by atoms with Crippen LogP contribution in [0, 0.1) is 17.8 Å². The van der Waals surface area contributed by atoms with Gasteiger partial charge in [-0.05, 0) is 18.4 Å². The molecule has 1 aliphatic rings. The highest BCUT2D eigenvalue weighted by Crippen LogP contribution is 2.26. The third-order valence-corrected chi connectivity index (χ3v) is 5.11. The van der Waals surface area contributed by atoms with Crippen LogP contribution in [0.1, 0.15) is 63.4 Å². The van der Waals surface area contributed by atoms with Crippen molar-refractivity contribution in [3.8, 4) is 0 Å². The van der Waals surface area contributed by atoms with Gasteiger partial charge in [0, 0.05) is 36.8 Å². The Bertz CT molecular complexity index is 825. The lowest BCUT2D eigenvalue weighted by molar-refractivity contribution is -0.140. The monoisotopic (exact) mass is 399 g/mol. The summed E-state index contributed by atoms with van der Waals surface area (Å²) in [5, 5.41) is 4.07. The standard InChI is InChI=1S/C22H29N3O4/c1-13(2)18-12-20(27)25(22(18)29)11-10-19(26)24-23-15(5)16-6-8-17(9-7-16)21(28)14(3)4/h6-9,13-14,18H,10-12H2,1-5H3,(H,24,26)/b23-15+. The van der Waals surface area contributed by atoms with Gasteiger partial charge >= 0.3 is 0 Å². The SMILES string of the molecule is C/C(=N\NC(=O)CCN1C(=O)CC(C(C)C)C1=O)c1ccc(C(=O)C(C)C)cc1. The van der Waals surface area contributed by atoms with Crippen LogP contribution in [-0.2, 0) is 14.4 Å². The normalized spacial score (nSPS) is 17.4. The quantitative estimate of drug-likeness (QED) is 0.315. The Balaban J connectivity index is 1.89. The van der Waals surface area contributed by atoms with Gasteiger partial charge in [-0.15, -0.1) is 0 Å². The highest BCUT2D eigenvalue weighted by Gasteiger charge is 2.39. The van der Waals surface area contributed by atoms with E-state index in [1.807, 2.05) is 27.7 Å². The highest BCUT2D eigenvalue weighted by molar-refractivity contribution is 6.04. The van der Waals surface area contributed by atoms with E-state index in [0.717, 1.165) is 5.56 Å². The van der Waals surface area contributed by atoms with Gasteiger partial charge in [-0.25, -0.2) is 5.43 Å². The second-order valence-electron chi connectivity index (χ2n) is 8.02. The summed E-state index contributed by atoms with van der Waals surface area (Å²) >= 11 is 0. The second kappa shape index (κ2) is 9.58. The summed E-state index contributed by atoms with van der Waals surface area (Å²) in [4.78, 5) is 49.5. The van der Waals surface area contributed by atoms with E-state index in [2.05, 4.69) is 10.5 Å². The first kappa shape index (κ1) is 22.5. The molecule has 1 N–H and O–H groups in total. The fraction of sp³-hybridized carbons (Fsp3) is 0.500. The minimum absolute atomic E-state index is 0.000896. The number of nitrogens with one attached hydrogen (secondary N) is 1. The molecule has 7 heteroatoms. The van der Waals surface area contributed by atoms with Crippen LogP contribution in [0.3, 0.4) is 0 Å². The number of carbonyl (C=O) groups excluding carboxylic acids is 4. The van der Waals surface area contributed by atoms with E-state index in [0.29, 0.717) is 11.3 Å². The number of imide groups is 1. The molecule has 1 saturated heterocycles. The summed E-state index contributed by atoms with van der Waals surface area (Å²) in [5.74, 6) is -0.989. The average Bonchev–Trinajstić information content (AvgIpc) is 2.97. The van der Waals surface area contributed by atoms with Crippen LogP contribution in [0.5, 0.6) is 0 Å². The summed E-state index contributed by atoms with van der Waals surface area (Å²) in [7, 11) is 0. The van der Waals surface area contributed by atoms with E-state index in [-0.39, 0.29) is 60.6 Å². The lowest BCUT2D eigenvalue weighted by Gasteiger charge is -2.15. The van der Waals surface area contributed by atoms with Gasteiger partial charge < -0.3 is 0 Å². The summed E-state index contributed by atoms with van der Waals surface area (Å²) < 4.78 is 0. The number of hydrazone groups is 1. The minimum Gasteiger partial charge on any atom is -0.294 e. The second-order valence-corrected chi connectivity index (χ2v) is 8.02. The largest absolute Gasteiger partial charge is 0.294 e. The van der Waals surface area contributed by atoms with E-state index in [4.69, 9.17) is 0 Å². The number of Topliss-reactive ketones (excluding diaryl/α,β-unsaturated/α-hetero) is 1. The van der Waals surface area contributed by atoms with Gasteiger partial charge in [0.15, 0.2) is 5.78 Å². The van der Waals surface area contributed by atoms with Crippen molar-refractivity contribution in [2.75, 3.05) is 6.54 Å². The molecule has 1 atom stereocenters. The molecule has 0 radical (unpaired) electrons. The molecule has 1 aromatic carbocycles. The van der Waals surface area contributed by atoms with Gasteiger partial charge in [0.05, 0.1) is 5.71 Å². The molecule has 1 fully saturated rings. The maximum Gasteiger partial charge on any atom is 0.241 e.